The van der Waals surface area contributed by atoms with Gasteiger partial charge in [-0.2, -0.15) is 4.98 Å². The van der Waals surface area contributed by atoms with Crippen LogP contribution in [0, 0.1) is 13.8 Å². The Balaban J connectivity index is 1.67. The number of aryl methyl sites for hydroxylation is 2. The largest absolute Gasteiger partial charge is 0.450 e. The molecule has 1 aromatic carbocycles. The zero-order valence-electron chi connectivity index (χ0n) is 16.4. The third kappa shape index (κ3) is 4.33. The van der Waals surface area contributed by atoms with Crippen LogP contribution in [0.2, 0.25) is 0 Å². The molecule has 0 aliphatic rings. The number of benzene rings is 1. The van der Waals surface area contributed by atoms with Crippen molar-refractivity contribution in [3.63, 3.8) is 0 Å². The molecule has 0 bridgehead atoms. The Labute approximate surface area is 163 Å². The molecule has 0 N–H and O–H groups in total. The first-order chi connectivity index (χ1) is 13.3. The van der Waals surface area contributed by atoms with Crippen LogP contribution < -0.4 is 0 Å². The number of amides is 1. The van der Waals surface area contributed by atoms with E-state index in [4.69, 9.17) is 4.74 Å². The third-order valence-corrected chi connectivity index (χ3v) is 4.27. The predicted molar refractivity (Wildman–Crippen MR) is 103 cm³/mol. The molecule has 2 heterocycles. The maximum atomic E-state index is 12.6. The number of hydrogen-bond acceptors (Lipinski definition) is 6. The highest BCUT2D eigenvalue weighted by atomic mass is 16.5. The van der Waals surface area contributed by atoms with Crippen LogP contribution in [0.1, 0.15) is 41.4 Å². The molecule has 0 unspecified atom stereocenters. The topological polar surface area (TPSA) is 89.7 Å². The molecule has 0 saturated carbocycles. The van der Waals surface area contributed by atoms with Gasteiger partial charge in [-0.05, 0) is 39.3 Å². The summed E-state index contributed by atoms with van der Waals surface area (Å²) in [4.78, 5) is 34.9. The SMILES string of the molecule is Cc1cc(C)n2nc(C(=O)OCC(=O)N(Cc3ccccc3)C(C)C)nc2n1. The highest BCUT2D eigenvalue weighted by Gasteiger charge is 2.22. The minimum absolute atomic E-state index is 0.0328. The number of esters is 1. The van der Waals surface area contributed by atoms with Crippen molar-refractivity contribution >= 4 is 17.7 Å². The molecule has 3 aromatic rings. The second-order valence-corrected chi connectivity index (χ2v) is 6.86. The van der Waals surface area contributed by atoms with Gasteiger partial charge in [-0.15, -0.1) is 5.10 Å². The van der Waals surface area contributed by atoms with E-state index in [-0.39, 0.29) is 24.4 Å². The normalized spacial score (nSPS) is 11.0. The fourth-order valence-corrected chi connectivity index (χ4v) is 2.87. The summed E-state index contributed by atoms with van der Waals surface area (Å²) >= 11 is 0. The van der Waals surface area contributed by atoms with Gasteiger partial charge in [0.25, 0.3) is 17.5 Å². The average molecular weight is 381 g/mol. The molecule has 0 aliphatic carbocycles. The fraction of sp³-hybridized carbons (Fsp3) is 0.350. The molecule has 0 atom stereocenters. The van der Waals surface area contributed by atoms with Gasteiger partial charge >= 0.3 is 5.97 Å². The zero-order chi connectivity index (χ0) is 20.3. The first-order valence-corrected chi connectivity index (χ1v) is 9.06. The molecule has 0 saturated heterocycles. The summed E-state index contributed by atoms with van der Waals surface area (Å²) in [6.07, 6.45) is 0. The van der Waals surface area contributed by atoms with E-state index in [1.54, 1.807) is 4.90 Å². The number of rotatable bonds is 6. The smallest absolute Gasteiger partial charge is 0.378 e. The first kappa shape index (κ1) is 19.5. The van der Waals surface area contributed by atoms with E-state index < -0.39 is 5.97 Å². The summed E-state index contributed by atoms with van der Waals surface area (Å²) in [5.41, 5.74) is 2.59. The summed E-state index contributed by atoms with van der Waals surface area (Å²) in [6, 6.07) is 11.5. The van der Waals surface area contributed by atoms with Crippen LogP contribution in [-0.4, -0.2) is 49.0 Å². The fourth-order valence-electron chi connectivity index (χ4n) is 2.87. The van der Waals surface area contributed by atoms with Gasteiger partial charge in [-0.3, -0.25) is 4.79 Å². The molecule has 8 nitrogen and oxygen atoms in total. The van der Waals surface area contributed by atoms with Crippen molar-refractivity contribution < 1.29 is 14.3 Å². The molecule has 0 aliphatic heterocycles. The van der Waals surface area contributed by atoms with Gasteiger partial charge in [0.05, 0.1) is 0 Å². The van der Waals surface area contributed by atoms with E-state index >= 15 is 0 Å². The summed E-state index contributed by atoms with van der Waals surface area (Å²) in [7, 11) is 0. The highest BCUT2D eigenvalue weighted by molar-refractivity contribution is 5.88. The van der Waals surface area contributed by atoms with Crippen LogP contribution in [0.25, 0.3) is 5.78 Å². The molecule has 0 radical (unpaired) electrons. The Morgan fingerprint density at radius 1 is 1.14 bits per heavy atom. The number of carbonyl (C=O) groups is 2. The lowest BCUT2D eigenvalue weighted by atomic mass is 10.2. The van der Waals surface area contributed by atoms with Crippen molar-refractivity contribution in [2.45, 2.75) is 40.3 Å². The number of hydrogen-bond donors (Lipinski definition) is 0. The molecule has 146 valence electrons. The van der Waals surface area contributed by atoms with Crippen molar-refractivity contribution in [3.05, 3.63) is 59.2 Å². The van der Waals surface area contributed by atoms with Gasteiger partial charge < -0.3 is 9.64 Å². The summed E-state index contributed by atoms with van der Waals surface area (Å²) in [5, 5.41) is 4.12. The maximum Gasteiger partial charge on any atom is 0.378 e. The predicted octanol–water partition coefficient (Wildman–Crippen LogP) is 2.34. The van der Waals surface area contributed by atoms with E-state index in [0.717, 1.165) is 17.0 Å². The van der Waals surface area contributed by atoms with Crippen LogP contribution in [0.15, 0.2) is 36.4 Å². The molecule has 0 fully saturated rings. The van der Waals surface area contributed by atoms with Crippen molar-refractivity contribution in [3.8, 4) is 0 Å². The molecule has 2 aromatic heterocycles. The second-order valence-electron chi connectivity index (χ2n) is 6.86. The van der Waals surface area contributed by atoms with Crippen molar-refractivity contribution in [2.24, 2.45) is 0 Å². The zero-order valence-corrected chi connectivity index (χ0v) is 16.4. The average Bonchev–Trinajstić information content (AvgIpc) is 3.09. The first-order valence-electron chi connectivity index (χ1n) is 9.06. The number of ether oxygens (including phenoxy) is 1. The second kappa shape index (κ2) is 8.16. The van der Waals surface area contributed by atoms with Crippen molar-refractivity contribution in [1.82, 2.24) is 24.5 Å². The van der Waals surface area contributed by atoms with E-state index in [2.05, 4.69) is 15.1 Å². The van der Waals surface area contributed by atoms with Crippen LogP contribution in [0.5, 0.6) is 0 Å². The molecular formula is C20H23N5O3. The third-order valence-electron chi connectivity index (χ3n) is 4.27. The van der Waals surface area contributed by atoms with Crippen LogP contribution in [-0.2, 0) is 16.1 Å². The Bertz CT molecular complexity index is 998. The number of aromatic nitrogens is 4. The van der Waals surface area contributed by atoms with E-state index in [1.807, 2.05) is 64.1 Å². The molecule has 28 heavy (non-hydrogen) atoms. The van der Waals surface area contributed by atoms with E-state index in [1.165, 1.54) is 4.52 Å². The van der Waals surface area contributed by atoms with Crippen molar-refractivity contribution in [2.75, 3.05) is 6.61 Å². The molecular weight excluding hydrogens is 358 g/mol. The quantitative estimate of drug-likeness (QED) is 0.609. The Hall–Kier alpha value is -3.29. The maximum absolute atomic E-state index is 12.6. The summed E-state index contributed by atoms with van der Waals surface area (Å²) < 4.78 is 6.64. The lowest BCUT2D eigenvalue weighted by molar-refractivity contribution is -0.137. The van der Waals surface area contributed by atoms with E-state index in [9.17, 15) is 9.59 Å². The van der Waals surface area contributed by atoms with Gasteiger partial charge in [0, 0.05) is 24.0 Å². The summed E-state index contributed by atoms with van der Waals surface area (Å²) in [6.45, 7) is 7.60. The van der Waals surface area contributed by atoms with Gasteiger partial charge in [0.1, 0.15) is 0 Å². The van der Waals surface area contributed by atoms with Crippen molar-refractivity contribution in [1.29, 1.82) is 0 Å². The number of fused-ring (bicyclic) bond motifs is 1. The molecule has 8 heteroatoms. The molecule has 1 amide bonds. The summed E-state index contributed by atoms with van der Waals surface area (Å²) in [5.74, 6) is -0.822. The Morgan fingerprint density at radius 2 is 1.86 bits per heavy atom. The molecule has 0 spiro atoms. The lowest BCUT2D eigenvalue weighted by Gasteiger charge is -2.26. The Kier molecular flexibility index (Phi) is 5.67. The molecule has 3 rings (SSSR count). The number of carbonyl (C=O) groups excluding carboxylic acids is 2. The van der Waals surface area contributed by atoms with Gasteiger partial charge in [0.15, 0.2) is 6.61 Å². The van der Waals surface area contributed by atoms with Gasteiger partial charge in [-0.1, -0.05) is 30.3 Å². The monoisotopic (exact) mass is 381 g/mol. The Morgan fingerprint density at radius 3 is 2.54 bits per heavy atom. The minimum Gasteiger partial charge on any atom is -0.450 e. The lowest BCUT2D eigenvalue weighted by Crippen LogP contribution is -2.39. The minimum atomic E-state index is -0.751. The number of nitrogens with zero attached hydrogens (tertiary/aromatic N) is 5. The van der Waals surface area contributed by atoms with Gasteiger partial charge in [0.2, 0.25) is 0 Å². The van der Waals surface area contributed by atoms with Crippen LogP contribution in [0.4, 0.5) is 0 Å². The van der Waals surface area contributed by atoms with Crippen LogP contribution in [0.3, 0.4) is 0 Å². The standard InChI is InChI=1S/C20H23N5O3/c1-13(2)24(11-16-8-6-5-7-9-16)17(26)12-28-19(27)18-22-20-21-14(3)10-15(4)25(20)23-18/h5-10,13H,11-12H2,1-4H3. The van der Waals surface area contributed by atoms with Crippen LogP contribution >= 0.6 is 0 Å². The van der Waals surface area contributed by atoms with E-state index in [0.29, 0.717) is 12.3 Å². The van der Waals surface area contributed by atoms with Gasteiger partial charge in [-0.25, -0.2) is 14.3 Å². The highest BCUT2D eigenvalue weighted by Crippen LogP contribution is 2.10.